The Labute approximate surface area is 311 Å². The van der Waals surface area contributed by atoms with Gasteiger partial charge in [0.15, 0.2) is 0 Å². The third-order valence-electron chi connectivity index (χ3n) is 12.4. The van der Waals surface area contributed by atoms with Crippen molar-refractivity contribution < 1.29 is 19.4 Å². The number of carboxylic acid groups (broad SMARTS) is 1. The van der Waals surface area contributed by atoms with Gasteiger partial charge in [-0.25, -0.2) is 9.48 Å². The standard InChI is InChI=1S/C42H50ClN5O4/c1-27(26-52-38-13-18-44-36-8-3-5-28(2)39(36)38)21-31-22-30-11-12-34(51-20-19-48-25-37(46-47-48)29-9-10-29)24-35(30)41(31)14-16-42(17-15-41,40(49)50)45-33-7-4-6-32(43)23-33/h4,6-7,11-13,18,23-25,27-29,31,45H,3,5,8-10,14-17,19-22,26H2,1-2H3,(H,49,50)/t27-,28-,31+,41?,42?/m1/s1. The number of rotatable bonds is 13. The average Bonchev–Trinajstić information content (AvgIpc) is 3.81. The van der Waals surface area contributed by atoms with Gasteiger partial charge in [-0.1, -0.05) is 42.8 Å². The maximum absolute atomic E-state index is 13.0. The molecule has 2 fully saturated rings. The first-order valence-corrected chi connectivity index (χ1v) is 19.6. The van der Waals surface area contributed by atoms with E-state index in [0.717, 1.165) is 55.0 Å². The number of fused-ring (bicyclic) bond motifs is 3. The number of hydrogen-bond acceptors (Lipinski definition) is 7. The second kappa shape index (κ2) is 14.4. The molecule has 2 heterocycles. The minimum Gasteiger partial charge on any atom is -0.493 e. The number of pyridine rings is 1. The summed E-state index contributed by atoms with van der Waals surface area (Å²) in [6.07, 6.45) is 14.2. The van der Waals surface area contributed by atoms with Crippen molar-refractivity contribution in [1.82, 2.24) is 20.0 Å². The lowest BCUT2D eigenvalue weighted by molar-refractivity contribution is -0.144. The summed E-state index contributed by atoms with van der Waals surface area (Å²) in [6.45, 7) is 6.36. The summed E-state index contributed by atoms with van der Waals surface area (Å²) < 4.78 is 14.8. The third kappa shape index (κ3) is 7.01. The van der Waals surface area contributed by atoms with Crippen molar-refractivity contribution in [2.75, 3.05) is 18.5 Å². The van der Waals surface area contributed by atoms with Crippen LogP contribution >= 0.6 is 11.6 Å². The zero-order valence-corrected chi connectivity index (χ0v) is 31.1. The zero-order valence-electron chi connectivity index (χ0n) is 30.3. The number of halogens is 1. The van der Waals surface area contributed by atoms with Crippen LogP contribution in [0.5, 0.6) is 11.5 Å². The predicted molar refractivity (Wildman–Crippen MR) is 202 cm³/mol. The molecule has 3 atom stereocenters. The van der Waals surface area contributed by atoms with E-state index in [1.54, 1.807) is 0 Å². The number of aryl methyl sites for hydroxylation is 1. The maximum atomic E-state index is 13.0. The highest BCUT2D eigenvalue weighted by Gasteiger charge is 2.54. The van der Waals surface area contributed by atoms with Gasteiger partial charge in [0.2, 0.25) is 0 Å². The zero-order chi connectivity index (χ0) is 35.9. The van der Waals surface area contributed by atoms with Crippen molar-refractivity contribution in [3.8, 4) is 11.5 Å². The molecular weight excluding hydrogens is 674 g/mol. The van der Waals surface area contributed by atoms with Gasteiger partial charge in [0, 0.05) is 40.3 Å². The van der Waals surface area contributed by atoms with Gasteiger partial charge in [-0.2, -0.15) is 0 Å². The van der Waals surface area contributed by atoms with Crippen LogP contribution in [0.25, 0.3) is 0 Å². The monoisotopic (exact) mass is 723 g/mol. The van der Waals surface area contributed by atoms with Crippen molar-refractivity contribution in [2.45, 2.75) is 114 Å². The smallest absolute Gasteiger partial charge is 0.329 e. The number of carbonyl (C=O) groups is 1. The topological polar surface area (TPSA) is 111 Å². The lowest BCUT2D eigenvalue weighted by Crippen LogP contribution is -2.53. The molecule has 4 aliphatic carbocycles. The average molecular weight is 724 g/mol. The second-order valence-electron chi connectivity index (χ2n) is 16.0. The van der Waals surface area contributed by atoms with E-state index in [-0.39, 0.29) is 5.41 Å². The Kier molecular flexibility index (Phi) is 9.66. The van der Waals surface area contributed by atoms with Gasteiger partial charge in [-0.05, 0) is 141 Å². The highest BCUT2D eigenvalue weighted by Crippen LogP contribution is 2.57. The number of ether oxygens (including phenoxy) is 2. The van der Waals surface area contributed by atoms with Crippen molar-refractivity contribution >= 4 is 23.3 Å². The molecule has 10 heteroatoms. The van der Waals surface area contributed by atoms with E-state index in [1.807, 2.05) is 47.4 Å². The molecular formula is C42H50ClN5O4. The number of aromatic nitrogens is 4. The van der Waals surface area contributed by atoms with E-state index < -0.39 is 11.5 Å². The quantitative estimate of drug-likeness (QED) is 0.141. The summed E-state index contributed by atoms with van der Waals surface area (Å²) in [7, 11) is 0. The summed E-state index contributed by atoms with van der Waals surface area (Å²) >= 11 is 6.30. The largest absolute Gasteiger partial charge is 0.493 e. The molecule has 4 aromatic rings. The maximum Gasteiger partial charge on any atom is 0.329 e. The molecule has 0 saturated heterocycles. The summed E-state index contributed by atoms with van der Waals surface area (Å²) in [5.41, 5.74) is 5.73. The molecule has 52 heavy (non-hydrogen) atoms. The van der Waals surface area contributed by atoms with E-state index in [4.69, 9.17) is 21.1 Å². The van der Waals surface area contributed by atoms with Crippen molar-refractivity contribution in [3.05, 3.63) is 94.0 Å². The fraction of sp³-hybridized carbons (Fsp3) is 0.524. The molecule has 8 rings (SSSR count). The van der Waals surface area contributed by atoms with Crippen LogP contribution in [0.15, 0.2) is 60.9 Å². The van der Waals surface area contributed by atoms with Gasteiger partial charge in [0.25, 0.3) is 0 Å². The Morgan fingerprint density at radius 1 is 1.10 bits per heavy atom. The minimum atomic E-state index is -1.07. The Balaban J connectivity index is 1.01. The van der Waals surface area contributed by atoms with Gasteiger partial charge in [0.1, 0.15) is 23.6 Å². The van der Waals surface area contributed by atoms with Crippen LogP contribution in [-0.2, 0) is 29.6 Å². The van der Waals surface area contributed by atoms with Crippen LogP contribution in [0, 0.1) is 11.8 Å². The number of carboxylic acids is 1. The van der Waals surface area contributed by atoms with E-state index in [2.05, 4.69) is 52.7 Å². The summed E-state index contributed by atoms with van der Waals surface area (Å²) in [4.78, 5) is 17.7. The number of anilines is 1. The first-order chi connectivity index (χ1) is 25.2. The second-order valence-corrected chi connectivity index (χ2v) is 16.5. The minimum absolute atomic E-state index is 0.159. The first kappa shape index (κ1) is 34.9. The summed E-state index contributed by atoms with van der Waals surface area (Å²) in [5, 5.41) is 23.3. The lowest BCUT2D eigenvalue weighted by Gasteiger charge is -2.47. The van der Waals surface area contributed by atoms with Gasteiger partial charge >= 0.3 is 5.97 Å². The van der Waals surface area contributed by atoms with E-state index in [9.17, 15) is 9.90 Å². The molecule has 2 N–H and O–H groups in total. The Hall–Kier alpha value is -4.11. The van der Waals surface area contributed by atoms with E-state index >= 15 is 0 Å². The van der Waals surface area contributed by atoms with Gasteiger partial charge < -0.3 is 19.9 Å². The molecule has 0 aliphatic heterocycles. The lowest BCUT2D eigenvalue weighted by atomic mass is 9.59. The van der Waals surface area contributed by atoms with Crippen molar-refractivity contribution in [2.24, 2.45) is 11.8 Å². The fourth-order valence-corrected chi connectivity index (χ4v) is 9.60. The molecule has 2 aromatic heterocycles. The molecule has 0 amide bonds. The Morgan fingerprint density at radius 2 is 1.94 bits per heavy atom. The third-order valence-corrected chi connectivity index (χ3v) is 12.6. The molecule has 274 valence electrons. The van der Waals surface area contributed by atoms with Gasteiger partial charge in [-0.15, -0.1) is 5.10 Å². The van der Waals surface area contributed by atoms with Gasteiger partial charge in [0.05, 0.1) is 18.8 Å². The fourth-order valence-electron chi connectivity index (χ4n) is 9.41. The van der Waals surface area contributed by atoms with Crippen LogP contribution in [0.3, 0.4) is 0 Å². The normalized spacial score (nSPS) is 25.7. The van der Waals surface area contributed by atoms with Crippen molar-refractivity contribution in [3.63, 3.8) is 0 Å². The number of nitrogens with zero attached hydrogens (tertiary/aromatic N) is 4. The Morgan fingerprint density at radius 3 is 2.73 bits per heavy atom. The van der Waals surface area contributed by atoms with Crippen molar-refractivity contribution in [1.29, 1.82) is 0 Å². The Bertz CT molecular complexity index is 1920. The molecule has 9 nitrogen and oxygen atoms in total. The van der Waals surface area contributed by atoms with Crippen LogP contribution in [-0.4, -0.2) is 49.8 Å². The molecule has 1 spiro atoms. The number of nitrogens with one attached hydrogen (secondary N) is 1. The molecule has 0 bridgehead atoms. The molecule has 2 saturated carbocycles. The van der Waals surface area contributed by atoms with Crippen LogP contribution in [0.1, 0.15) is 112 Å². The first-order valence-electron chi connectivity index (χ1n) is 19.3. The number of aliphatic carboxylic acids is 1. The van der Waals surface area contributed by atoms with E-state index in [0.29, 0.717) is 61.3 Å². The molecule has 4 aliphatic rings. The highest BCUT2D eigenvalue weighted by atomic mass is 35.5. The van der Waals surface area contributed by atoms with Crippen LogP contribution in [0.4, 0.5) is 5.69 Å². The molecule has 0 unspecified atom stereocenters. The number of hydrogen-bond donors (Lipinski definition) is 2. The highest BCUT2D eigenvalue weighted by molar-refractivity contribution is 6.30. The molecule has 2 aromatic carbocycles. The number of benzene rings is 2. The van der Waals surface area contributed by atoms with Crippen LogP contribution < -0.4 is 14.8 Å². The summed E-state index contributed by atoms with van der Waals surface area (Å²) in [6, 6.07) is 16.0. The van der Waals surface area contributed by atoms with Gasteiger partial charge in [-0.3, -0.25) is 4.98 Å². The van der Waals surface area contributed by atoms with Crippen LogP contribution in [0.2, 0.25) is 5.02 Å². The predicted octanol–water partition coefficient (Wildman–Crippen LogP) is 8.75. The van der Waals surface area contributed by atoms with E-state index in [1.165, 1.54) is 48.1 Å². The summed E-state index contributed by atoms with van der Waals surface area (Å²) in [5.74, 6) is 2.72. The SMILES string of the molecule is C[C@@H](COc1ccnc2c1[C@H](C)CCC2)C[C@H]1Cc2ccc(OCCn3cc(C4CC4)nn3)cc2C12CCC(Nc1cccc(Cl)c1)(C(=O)O)CC2. The molecule has 0 radical (unpaired) electrons.